The lowest BCUT2D eigenvalue weighted by atomic mass is 9.95. The van der Waals surface area contributed by atoms with Gasteiger partial charge in [-0.3, -0.25) is 9.88 Å². The Kier molecular flexibility index (Phi) is 7.47. The summed E-state index contributed by atoms with van der Waals surface area (Å²) in [5.41, 5.74) is 2.34. The highest BCUT2D eigenvalue weighted by Gasteiger charge is 2.28. The van der Waals surface area contributed by atoms with Gasteiger partial charge in [-0.2, -0.15) is 0 Å². The molecule has 1 atom stereocenters. The number of aromatic nitrogens is 1. The molecule has 0 unspecified atom stereocenters. The van der Waals surface area contributed by atoms with Crippen molar-refractivity contribution in [3.63, 3.8) is 0 Å². The van der Waals surface area contributed by atoms with Crippen molar-refractivity contribution in [2.75, 3.05) is 40.4 Å². The maximum absolute atomic E-state index is 10.3. The summed E-state index contributed by atoms with van der Waals surface area (Å²) in [5, 5.41) is 10.3. The third-order valence-electron chi connectivity index (χ3n) is 5.51. The zero-order valence-corrected chi connectivity index (χ0v) is 17.9. The summed E-state index contributed by atoms with van der Waals surface area (Å²) in [6, 6.07) is 12.5. The molecule has 1 aliphatic rings. The molecule has 1 aromatic heterocycles. The van der Waals surface area contributed by atoms with Crippen molar-refractivity contribution in [1.82, 2.24) is 14.8 Å². The lowest BCUT2D eigenvalue weighted by molar-refractivity contribution is 0.0667. The average Bonchev–Trinajstić information content (AvgIpc) is 2.69. The van der Waals surface area contributed by atoms with Gasteiger partial charge < -0.3 is 19.5 Å². The van der Waals surface area contributed by atoms with Gasteiger partial charge in [0.25, 0.3) is 0 Å². The first-order valence-electron chi connectivity index (χ1n) is 10.3. The van der Waals surface area contributed by atoms with E-state index in [9.17, 15) is 5.11 Å². The zero-order valence-electron chi connectivity index (χ0n) is 17.9. The third kappa shape index (κ3) is 5.92. The Morgan fingerprint density at radius 1 is 1.21 bits per heavy atom. The van der Waals surface area contributed by atoms with E-state index in [0.717, 1.165) is 19.6 Å². The molecule has 0 bridgehead atoms. The van der Waals surface area contributed by atoms with Gasteiger partial charge >= 0.3 is 0 Å². The number of likely N-dealkylation sites (N-methyl/N-ethyl adjacent to an activating group) is 1. The second kappa shape index (κ2) is 10.1. The molecule has 2 heterocycles. The van der Waals surface area contributed by atoms with Gasteiger partial charge in [0.1, 0.15) is 12.7 Å². The van der Waals surface area contributed by atoms with Crippen LogP contribution in [0.15, 0.2) is 42.6 Å². The number of pyridine rings is 1. The fourth-order valence-electron chi connectivity index (χ4n) is 3.48. The van der Waals surface area contributed by atoms with Gasteiger partial charge in [-0.05, 0) is 50.7 Å². The van der Waals surface area contributed by atoms with Gasteiger partial charge in [-0.1, -0.05) is 12.1 Å². The summed E-state index contributed by atoms with van der Waals surface area (Å²) in [4.78, 5) is 8.96. The first-order chi connectivity index (χ1) is 14.0. The molecule has 2 aromatic rings. The first-order valence-corrected chi connectivity index (χ1v) is 10.3. The monoisotopic (exact) mass is 399 g/mol. The Hall–Kier alpha value is -2.15. The predicted molar refractivity (Wildman–Crippen MR) is 115 cm³/mol. The number of hydrogen-bond acceptors (Lipinski definition) is 6. The molecule has 6 heteroatoms. The Morgan fingerprint density at radius 3 is 2.66 bits per heavy atom. The molecule has 1 fully saturated rings. The van der Waals surface area contributed by atoms with Gasteiger partial charge in [0, 0.05) is 50.0 Å². The van der Waals surface area contributed by atoms with Gasteiger partial charge in [0.05, 0.1) is 7.11 Å². The number of benzene rings is 1. The average molecular weight is 400 g/mol. The Labute approximate surface area is 174 Å². The number of rotatable bonds is 10. The van der Waals surface area contributed by atoms with Crippen LogP contribution in [0.1, 0.15) is 31.0 Å². The largest absolute Gasteiger partial charge is 0.493 e. The molecule has 0 saturated carbocycles. The van der Waals surface area contributed by atoms with E-state index in [1.807, 2.05) is 37.5 Å². The predicted octanol–water partition coefficient (Wildman–Crippen LogP) is 2.77. The van der Waals surface area contributed by atoms with Crippen LogP contribution in [0.2, 0.25) is 0 Å². The smallest absolute Gasteiger partial charge is 0.161 e. The normalized spacial score (nSPS) is 16.1. The fourth-order valence-corrected chi connectivity index (χ4v) is 3.48. The van der Waals surface area contributed by atoms with E-state index in [0.29, 0.717) is 30.0 Å². The van der Waals surface area contributed by atoms with Crippen LogP contribution in [0.3, 0.4) is 0 Å². The van der Waals surface area contributed by atoms with Crippen LogP contribution in [0.25, 0.3) is 0 Å². The van der Waals surface area contributed by atoms with E-state index in [-0.39, 0.29) is 6.61 Å². The van der Waals surface area contributed by atoms with Crippen molar-refractivity contribution < 1.29 is 14.6 Å². The maximum atomic E-state index is 10.3. The SMILES string of the molecule is COc1ccc(CN2CC(c3ccccn3)C2)cc1OC[C@@H](O)CN(C)C(C)C. The number of aliphatic hydroxyl groups excluding tert-OH is 1. The molecule has 1 aliphatic heterocycles. The second-order valence-corrected chi connectivity index (χ2v) is 8.13. The van der Waals surface area contributed by atoms with E-state index in [4.69, 9.17) is 9.47 Å². The Morgan fingerprint density at radius 2 is 2.00 bits per heavy atom. The van der Waals surface area contributed by atoms with E-state index in [1.54, 1.807) is 7.11 Å². The number of hydrogen-bond donors (Lipinski definition) is 1. The van der Waals surface area contributed by atoms with E-state index >= 15 is 0 Å². The van der Waals surface area contributed by atoms with Gasteiger partial charge in [0.15, 0.2) is 11.5 Å². The minimum absolute atomic E-state index is 0.238. The van der Waals surface area contributed by atoms with Crippen molar-refractivity contribution in [2.45, 2.75) is 38.5 Å². The van der Waals surface area contributed by atoms with Crippen LogP contribution in [-0.4, -0.2) is 72.4 Å². The van der Waals surface area contributed by atoms with E-state index in [2.05, 4.69) is 40.8 Å². The standard InChI is InChI=1S/C23H33N3O3/c1-17(2)25(3)15-20(27)16-29-23-11-18(8-9-22(23)28-4)12-26-13-19(14-26)21-7-5-6-10-24-21/h5-11,17,19-20,27H,12-16H2,1-4H3/t20-/m0/s1. The summed E-state index contributed by atoms with van der Waals surface area (Å²) >= 11 is 0. The zero-order chi connectivity index (χ0) is 20.8. The molecule has 3 rings (SSSR count). The number of aliphatic hydroxyl groups is 1. The highest BCUT2D eigenvalue weighted by Crippen LogP contribution is 2.31. The van der Waals surface area contributed by atoms with Crippen molar-refractivity contribution in [3.8, 4) is 11.5 Å². The van der Waals surface area contributed by atoms with Crippen LogP contribution < -0.4 is 9.47 Å². The molecule has 6 nitrogen and oxygen atoms in total. The summed E-state index contributed by atoms with van der Waals surface area (Å²) in [6.45, 7) is 7.91. The van der Waals surface area contributed by atoms with E-state index in [1.165, 1.54) is 11.3 Å². The summed E-state index contributed by atoms with van der Waals surface area (Å²) < 4.78 is 11.3. The molecule has 0 spiro atoms. The second-order valence-electron chi connectivity index (χ2n) is 8.13. The maximum Gasteiger partial charge on any atom is 0.161 e. The molecular formula is C23H33N3O3. The van der Waals surface area contributed by atoms with Gasteiger partial charge in [-0.15, -0.1) is 0 Å². The van der Waals surface area contributed by atoms with Crippen LogP contribution in [0.5, 0.6) is 11.5 Å². The Bertz CT molecular complexity index is 763. The van der Waals surface area contributed by atoms with Crippen LogP contribution in [0, 0.1) is 0 Å². The van der Waals surface area contributed by atoms with Gasteiger partial charge in [0.2, 0.25) is 0 Å². The lowest BCUT2D eigenvalue weighted by Gasteiger charge is -2.39. The van der Waals surface area contributed by atoms with Crippen molar-refractivity contribution >= 4 is 0 Å². The molecular weight excluding hydrogens is 366 g/mol. The van der Waals surface area contributed by atoms with Crippen LogP contribution in [-0.2, 0) is 6.54 Å². The molecule has 0 amide bonds. The first kappa shape index (κ1) is 21.6. The van der Waals surface area contributed by atoms with Crippen LogP contribution >= 0.6 is 0 Å². The quantitative estimate of drug-likeness (QED) is 0.663. The molecule has 0 aliphatic carbocycles. The molecule has 1 aromatic carbocycles. The van der Waals surface area contributed by atoms with Crippen molar-refractivity contribution in [2.24, 2.45) is 0 Å². The number of nitrogens with zero attached hydrogens (tertiary/aromatic N) is 3. The van der Waals surface area contributed by atoms with Crippen molar-refractivity contribution in [3.05, 3.63) is 53.9 Å². The highest BCUT2D eigenvalue weighted by molar-refractivity contribution is 5.43. The van der Waals surface area contributed by atoms with Crippen molar-refractivity contribution in [1.29, 1.82) is 0 Å². The molecule has 1 N–H and O–H groups in total. The summed E-state index contributed by atoms with van der Waals surface area (Å²) in [5.74, 6) is 1.88. The molecule has 1 saturated heterocycles. The topological polar surface area (TPSA) is 58.1 Å². The minimum Gasteiger partial charge on any atom is -0.493 e. The number of likely N-dealkylation sites (tertiary alicyclic amines) is 1. The summed E-state index contributed by atoms with van der Waals surface area (Å²) in [6.07, 6.45) is 1.31. The number of methoxy groups -OCH3 is 1. The molecule has 158 valence electrons. The molecule has 29 heavy (non-hydrogen) atoms. The number of ether oxygens (including phenoxy) is 2. The van der Waals surface area contributed by atoms with E-state index < -0.39 is 6.10 Å². The third-order valence-corrected chi connectivity index (χ3v) is 5.51. The Balaban J connectivity index is 1.54. The fraction of sp³-hybridized carbons (Fsp3) is 0.522. The van der Waals surface area contributed by atoms with Gasteiger partial charge in [-0.25, -0.2) is 0 Å². The minimum atomic E-state index is -0.551. The highest BCUT2D eigenvalue weighted by atomic mass is 16.5. The lowest BCUT2D eigenvalue weighted by Crippen LogP contribution is -2.44. The van der Waals surface area contributed by atoms with Crippen LogP contribution in [0.4, 0.5) is 0 Å². The summed E-state index contributed by atoms with van der Waals surface area (Å²) in [7, 11) is 3.64. The molecule has 0 radical (unpaired) electrons.